The molecule has 0 aliphatic carbocycles. The van der Waals surface area contributed by atoms with Crippen LogP contribution < -0.4 is 5.32 Å². The number of rotatable bonds is 8. The SMILES string of the molecule is CCOC(=O)CCCNC(C)CC(=O)O. The smallest absolute Gasteiger partial charge is 0.305 e. The highest BCUT2D eigenvalue weighted by atomic mass is 16.5. The second kappa shape index (κ2) is 8.23. The molecule has 0 bridgehead atoms. The van der Waals surface area contributed by atoms with E-state index < -0.39 is 5.97 Å². The zero-order valence-corrected chi connectivity index (χ0v) is 9.28. The number of carboxylic acids is 1. The van der Waals surface area contributed by atoms with Crippen LogP contribution in [0.15, 0.2) is 0 Å². The molecule has 2 N–H and O–H groups in total. The second-order valence-corrected chi connectivity index (χ2v) is 3.36. The molecular formula is C10H19NO4. The summed E-state index contributed by atoms with van der Waals surface area (Å²) in [4.78, 5) is 21.2. The van der Waals surface area contributed by atoms with Crippen LogP contribution >= 0.6 is 0 Å². The van der Waals surface area contributed by atoms with Gasteiger partial charge in [0.2, 0.25) is 0 Å². The molecule has 5 heteroatoms. The molecule has 88 valence electrons. The van der Waals surface area contributed by atoms with Crippen molar-refractivity contribution in [3.05, 3.63) is 0 Å². The van der Waals surface area contributed by atoms with Crippen LogP contribution in [0.3, 0.4) is 0 Å². The van der Waals surface area contributed by atoms with Crippen LogP contribution in [0.4, 0.5) is 0 Å². The van der Waals surface area contributed by atoms with Gasteiger partial charge in [0.1, 0.15) is 0 Å². The van der Waals surface area contributed by atoms with Crippen LogP contribution in [0, 0.1) is 0 Å². The maximum Gasteiger partial charge on any atom is 0.305 e. The summed E-state index contributed by atoms with van der Waals surface area (Å²) in [5.41, 5.74) is 0. The van der Waals surface area contributed by atoms with Gasteiger partial charge in [-0.25, -0.2) is 0 Å². The second-order valence-electron chi connectivity index (χ2n) is 3.36. The molecule has 0 fully saturated rings. The summed E-state index contributed by atoms with van der Waals surface area (Å²) >= 11 is 0. The van der Waals surface area contributed by atoms with Crippen molar-refractivity contribution in [3.63, 3.8) is 0 Å². The van der Waals surface area contributed by atoms with E-state index in [1.165, 1.54) is 0 Å². The Hall–Kier alpha value is -1.10. The van der Waals surface area contributed by atoms with Gasteiger partial charge in [0.05, 0.1) is 13.0 Å². The van der Waals surface area contributed by atoms with E-state index in [4.69, 9.17) is 9.84 Å². The summed E-state index contributed by atoms with van der Waals surface area (Å²) in [5.74, 6) is -1.02. The minimum Gasteiger partial charge on any atom is -0.481 e. The van der Waals surface area contributed by atoms with Crippen molar-refractivity contribution >= 4 is 11.9 Å². The molecule has 0 aromatic heterocycles. The van der Waals surface area contributed by atoms with Crippen molar-refractivity contribution < 1.29 is 19.4 Å². The fraction of sp³-hybridized carbons (Fsp3) is 0.800. The third-order valence-corrected chi connectivity index (χ3v) is 1.84. The average Bonchev–Trinajstić information content (AvgIpc) is 2.12. The summed E-state index contributed by atoms with van der Waals surface area (Å²) in [6.45, 7) is 4.61. The quantitative estimate of drug-likeness (QED) is 0.464. The number of aliphatic carboxylic acids is 1. The van der Waals surface area contributed by atoms with E-state index in [1.54, 1.807) is 13.8 Å². The first kappa shape index (κ1) is 13.9. The van der Waals surface area contributed by atoms with Crippen LogP contribution in [0.5, 0.6) is 0 Å². The fourth-order valence-corrected chi connectivity index (χ4v) is 1.15. The summed E-state index contributed by atoms with van der Waals surface area (Å²) in [5, 5.41) is 11.5. The first-order valence-electron chi connectivity index (χ1n) is 5.17. The van der Waals surface area contributed by atoms with Gasteiger partial charge in [0.25, 0.3) is 0 Å². The minimum absolute atomic E-state index is 0.0651. The zero-order chi connectivity index (χ0) is 11.7. The molecule has 1 unspecified atom stereocenters. The highest BCUT2D eigenvalue weighted by Gasteiger charge is 2.06. The van der Waals surface area contributed by atoms with Gasteiger partial charge in [-0.05, 0) is 26.8 Å². The largest absolute Gasteiger partial charge is 0.481 e. The minimum atomic E-state index is -0.819. The fourth-order valence-electron chi connectivity index (χ4n) is 1.15. The van der Waals surface area contributed by atoms with Gasteiger partial charge in [-0.2, -0.15) is 0 Å². The number of carbonyl (C=O) groups excluding carboxylic acids is 1. The van der Waals surface area contributed by atoms with E-state index in [1.807, 2.05) is 0 Å². The van der Waals surface area contributed by atoms with Gasteiger partial charge >= 0.3 is 11.9 Å². The molecule has 1 atom stereocenters. The normalized spacial score (nSPS) is 12.1. The lowest BCUT2D eigenvalue weighted by molar-refractivity contribution is -0.143. The molecule has 0 amide bonds. The van der Waals surface area contributed by atoms with Crippen molar-refractivity contribution in [3.8, 4) is 0 Å². The number of nitrogens with one attached hydrogen (secondary N) is 1. The number of hydrogen-bond donors (Lipinski definition) is 2. The highest BCUT2D eigenvalue weighted by molar-refractivity contribution is 5.69. The Bertz CT molecular complexity index is 206. The number of hydrogen-bond acceptors (Lipinski definition) is 4. The molecule has 0 spiro atoms. The lowest BCUT2D eigenvalue weighted by atomic mass is 10.2. The third kappa shape index (κ3) is 9.21. The van der Waals surface area contributed by atoms with Gasteiger partial charge in [0, 0.05) is 12.5 Å². The predicted molar refractivity (Wildman–Crippen MR) is 55.6 cm³/mol. The van der Waals surface area contributed by atoms with Crippen molar-refractivity contribution in [2.75, 3.05) is 13.2 Å². The van der Waals surface area contributed by atoms with Crippen molar-refractivity contribution in [2.45, 2.75) is 39.2 Å². The molecule has 0 saturated carbocycles. The van der Waals surface area contributed by atoms with Crippen molar-refractivity contribution in [2.24, 2.45) is 0 Å². The standard InChI is InChI=1S/C10H19NO4/c1-3-15-10(14)5-4-6-11-8(2)7-9(12)13/h8,11H,3-7H2,1-2H3,(H,12,13). The Morgan fingerprint density at radius 1 is 1.47 bits per heavy atom. The van der Waals surface area contributed by atoms with E-state index in [2.05, 4.69) is 5.32 Å². The number of carbonyl (C=O) groups is 2. The van der Waals surface area contributed by atoms with Crippen molar-refractivity contribution in [1.82, 2.24) is 5.32 Å². The molecule has 0 saturated heterocycles. The molecule has 0 radical (unpaired) electrons. The Labute approximate surface area is 89.8 Å². The van der Waals surface area contributed by atoms with E-state index >= 15 is 0 Å². The monoisotopic (exact) mass is 217 g/mol. The number of carboxylic acid groups (broad SMARTS) is 1. The van der Waals surface area contributed by atoms with Crippen LogP contribution in [0.1, 0.15) is 33.1 Å². The molecule has 0 rings (SSSR count). The van der Waals surface area contributed by atoms with Gasteiger partial charge in [-0.3, -0.25) is 9.59 Å². The molecule has 0 aromatic rings. The Kier molecular flexibility index (Phi) is 7.62. The topological polar surface area (TPSA) is 75.6 Å². The van der Waals surface area contributed by atoms with E-state index in [0.717, 1.165) is 0 Å². The Balaban J connectivity index is 3.37. The lowest BCUT2D eigenvalue weighted by Crippen LogP contribution is -2.29. The van der Waals surface area contributed by atoms with E-state index in [9.17, 15) is 9.59 Å². The van der Waals surface area contributed by atoms with Gasteiger partial charge < -0.3 is 15.2 Å². The van der Waals surface area contributed by atoms with E-state index in [0.29, 0.717) is 26.0 Å². The molecular weight excluding hydrogens is 198 g/mol. The number of esters is 1. The maximum atomic E-state index is 10.9. The average molecular weight is 217 g/mol. The van der Waals surface area contributed by atoms with Crippen LogP contribution in [0.25, 0.3) is 0 Å². The van der Waals surface area contributed by atoms with Crippen LogP contribution in [-0.2, 0) is 14.3 Å². The Morgan fingerprint density at radius 2 is 2.13 bits per heavy atom. The van der Waals surface area contributed by atoms with Gasteiger partial charge in [-0.15, -0.1) is 0 Å². The Morgan fingerprint density at radius 3 is 2.67 bits per heavy atom. The molecule has 0 aromatic carbocycles. The van der Waals surface area contributed by atoms with Crippen LogP contribution in [-0.4, -0.2) is 36.2 Å². The van der Waals surface area contributed by atoms with Gasteiger partial charge in [-0.1, -0.05) is 0 Å². The summed E-state index contributed by atoms with van der Waals surface area (Å²) in [6, 6.07) is -0.0651. The molecule has 15 heavy (non-hydrogen) atoms. The predicted octanol–water partition coefficient (Wildman–Crippen LogP) is 0.782. The molecule has 0 heterocycles. The van der Waals surface area contributed by atoms with Crippen molar-refractivity contribution in [1.29, 1.82) is 0 Å². The summed E-state index contributed by atoms with van der Waals surface area (Å²) < 4.78 is 4.75. The molecule has 0 aliphatic heterocycles. The van der Waals surface area contributed by atoms with Gasteiger partial charge in [0.15, 0.2) is 0 Å². The lowest BCUT2D eigenvalue weighted by Gasteiger charge is -2.10. The molecule has 0 aliphatic rings. The summed E-state index contributed by atoms with van der Waals surface area (Å²) in [6.07, 6.45) is 1.14. The highest BCUT2D eigenvalue weighted by Crippen LogP contribution is 1.94. The number of ether oxygens (including phenoxy) is 1. The third-order valence-electron chi connectivity index (χ3n) is 1.84. The molecule has 5 nitrogen and oxygen atoms in total. The summed E-state index contributed by atoms with van der Waals surface area (Å²) in [7, 11) is 0. The van der Waals surface area contributed by atoms with Crippen LogP contribution in [0.2, 0.25) is 0 Å². The first-order valence-corrected chi connectivity index (χ1v) is 5.17. The maximum absolute atomic E-state index is 10.9. The first-order chi connectivity index (χ1) is 7.06. The zero-order valence-electron chi connectivity index (χ0n) is 9.28. The van der Waals surface area contributed by atoms with E-state index in [-0.39, 0.29) is 18.4 Å².